The lowest BCUT2D eigenvalue weighted by atomic mass is 9.90. The molecule has 2 rings (SSSR count). The first-order valence-electron chi connectivity index (χ1n) is 9.86. The van der Waals surface area contributed by atoms with Crippen LogP contribution in [0.2, 0.25) is 19.6 Å². The molecule has 0 radical (unpaired) electrons. The molecule has 0 spiro atoms. The van der Waals surface area contributed by atoms with Crippen molar-refractivity contribution in [2.45, 2.75) is 53.2 Å². The Kier molecular flexibility index (Phi) is 3.49. The molecule has 0 saturated carbocycles. The average molecular weight is 316 g/mol. The zero-order valence-electron chi connectivity index (χ0n) is 18.5. The lowest BCUT2D eigenvalue weighted by molar-refractivity contribution is 0.537. The van der Waals surface area contributed by atoms with Crippen molar-refractivity contribution in [3.63, 3.8) is 0 Å². The molecule has 1 atom stereocenters. The van der Waals surface area contributed by atoms with Crippen molar-refractivity contribution in [1.82, 2.24) is 4.98 Å². The second kappa shape index (κ2) is 6.37. The molecule has 1 aromatic heterocycles. The number of rotatable bonds is 4. The normalized spacial score (nSPS) is 18.1. The molecule has 1 heterocycles. The fourth-order valence-electron chi connectivity index (χ4n) is 2.49. The summed E-state index contributed by atoms with van der Waals surface area (Å²) in [6.07, 6.45) is 1.93. The van der Waals surface area contributed by atoms with Crippen molar-refractivity contribution >= 4 is 13.3 Å². The minimum absolute atomic E-state index is 0.172. The predicted molar refractivity (Wildman–Crippen MR) is 101 cm³/mol. The van der Waals surface area contributed by atoms with Crippen LogP contribution in [0.15, 0.2) is 36.5 Å². The van der Waals surface area contributed by atoms with Gasteiger partial charge in [-0.05, 0) is 35.5 Å². The predicted octanol–water partition coefficient (Wildman–Crippen LogP) is 5.36. The van der Waals surface area contributed by atoms with Crippen LogP contribution in [0, 0.1) is 12.8 Å². The first-order chi connectivity index (χ1) is 11.7. The molecule has 1 aromatic carbocycles. The van der Waals surface area contributed by atoms with Crippen LogP contribution in [0.25, 0.3) is 11.3 Å². The van der Waals surface area contributed by atoms with Gasteiger partial charge in [-0.1, -0.05) is 70.2 Å². The molecule has 1 unspecified atom stereocenters. The van der Waals surface area contributed by atoms with Crippen LogP contribution in [0.1, 0.15) is 43.3 Å². The zero-order valence-corrected chi connectivity index (χ0v) is 15.5. The summed E-state index contributed by atoms with van der Waals surface area (Å²) in [5.74, 6) is -0.530. The van der Waals surface area contributed by atoms with Gasteiger partial charge in [0.25, 0.3) is 0 Å². The molecule has 0 aliphatic heterocycles. The van der Waals surface area contributed by atoms with Gasteiger partial charge in [0, 0.05) is 17.2 Å². The third-order valence-corrected chi connectivity index (χ3v) is 6.20. The van der Waals surface area contributed by atoms with Gasteiger partial charge in [-0.25, -0.2) is 0 Å². The number of hydrogen-bond donors (Lipinski definition) is 0. The van der Waals surface area contributed by atoms with Crippen LogP contribution in [0.4, 0.5) is 0 Å². The zero-order chi connectivity index (χ0) is 19.9. The Balaban J connectivity index is 2.59. The topological polar surface area (TPSA) is 12.9 Å². The van der Waals surface area contributed by atoms with Crippen LogP contribution in [0.5, 0.6) is 0 Å². The lowest BCUT2D eigenvalue weighted by Gasteiger charge is -2.26. The minimum atomic E-state index is -2.10. The molecule has 0 saturated heterocycles. The van der Waals surface area contributed by atoms with E-state index in [-0.39, 0.29) is 5.92 Å². The van der Waals surface area contributed by atoms with Crippen molar-refractivity contribution < 1.29 is 5.48 Å². The van der Waals surface area contributed by atoms with E-state index >= 15 is 0 Å². The van der Waals surface area contributed by atoms with E-state index in [1.807, 2.05) is 19.2 Å². The van der Waals surface area contributed by atoms with Crippen molar-refractivity contribution in [3.05, 3.63) is 47.7 Å². The number of aryl methyl sites for hydroxylation is 1. The van der Waals surface area contributed by atoms with Crippen LogP contribution in [-0.4, -0.2) is 13.1 Å². The molecule has 0 fully saturated rings. The highest BCUT2D eigenvalue weighted by molar-refractivity contribution is 6.89. The Morgan fingerprint density at radius 3 is 2.23 bits per heavy atom. The third-order valence-electron chi connectivity index (χ3n) is 4.18. The summed E-state index contributed by atoms with van der Waals surface area (Å²) in [5, 5.41) is 1.21. The number of hydrogen-bond acceptors (Lipinski definition) is 1. The molecular formula is C20H29NSi. The summed E-state index contributed by atoms with van der Waals surface area (Å²) in [6.45, 7) is 10.8. The van der Waals surface area contributed by atoms with E-state index in [2.05, 4.69) is 38.5 Å². The standard InChI is InChI=1S/C20H29NSi/c1-14(2)16(4)18-12-19(17-10-8-15(3)9-11-17)21-13-20(18)22(5,6)7/h8-14,16H,1-7H3/i3D3,16D. The molecule has 0 aliphatic rings. The van der Waals surface area contributed by atoms with E-state index in [1.165, 1.54) is 5.19 Å². The van der Waals surface area contributed by atoms with Crippen molar-refractivity contribution in [1.29, 1.82) is 0 Å². The van der Waals surface area contributed by atoms with Crippen LogP contribution in [0.3, 0.4) is 0 Å². The smallest absolute Gasteiger partial charge is 0.0799 e. The average Bonchev–Trinajstić information content (AvgIpc) is 2.52. The maximum absolute atomic E-state index is 8.94. The van der Waals surface area contributed by atoms with E-state index in [1.54, 1.807) is 24.3 Å². The van der Waals surface area contributed by atoms with Gasteiger partial charge in [0.15, 0.2) is 0 Å². The monoisotopic (exact) mass is 315 g/mol. The molecular weight excluding hydrogens is 282 g/mol. The maximum atomic E-state index is 8.94. The van der Waals surface area contributed by atoms with Crippen molar-refractivity contribution in [2.24, 2.45) is 5.92 Å². The van der Waals surface area contributed by atoms with Crippen LogP contribution >= 0.6 is 0 Å². The van der Waals surface area contributed by atoms with Gasteiger partial charge >= 0.3 is 0 Å². The van der Waals surface area contributed by atoms with Gasteiger partial charge < -0.3 is 0 Å². The summed E-state index contributed by atoms with van der Waals surface area (Å²) in [5.41, 5.74) is 3.03. The van der Waals surface area contributed by atoms with Gasteiger partial charge in [-0.3, -0.25) is 4.98 Å². The molecule has 0 bridgehead atoms. The van der Waals surface area contributed by atoms with E-state index in [9.17, 15) is 0 Å². The summed E-state index contributed by atoms with van der Waals surface area (Å²) < 4.78 is 31.5. The van der Waals surface area contributed by atoms with E-state index in [0.29, 0.717) is 5.56 Å². The number of benzene rings is 1. The van der Waals surface area contributed by atoms with E-state index in [4.69, 9.17) is 5.48 Å². The highest BCUT2D eigenvalue weighted by Crippen LogP contribution is 2.27. The van der Waals surface area contributed by atoms with Crippen molar-refractivity contribution in [3.8, 4) is 11.3 Å². The van der Waals surface area contributed by atoms with Gasteiger partial charge in [0.2, 0.25) is 0 Å². The van der Waals surface area contributed by atoms with E-state index in [0.717, 1.165) is 16.8 Å². The van der Waals surface area contributed by atoms with Gasteiger partial charge in [-0.15, -0.1) is 0 Å². The molecule has 118 valence electrons. The fourth-order valence-corrected chi connectivity index (χ4v) is 4.02. The highest BCUT2D eigenvalue weighted by atomic mass is 28.3. The number of nitrogens with zero attached hydrogens (tertiary/aromatic N) is 1. The second-order valence-corrected chi connectivity index (χ2v) is 12.3. The van der Waals surface area contributed by atoms with Crippen LogP contribution < -0.4 is 5.19 Å². The summed E-state index contributed by atoms with van der Waals surface area (Å²) in [4.78, 5) is 4.65. The minimum Gasteiger partial charge on any atom is -0.256 e. The molecule has 0 N–H and O–H groups in total. The summed E-state index contributed by atoms with van der Waals surface area (Å²) >= 11 is 0. The SMILES string of the molecule is [2H]C([2H])([2H])c1ccc(-c2cc(C([2H])(C)C(C)C)c([Si](C)(C)C)cn2)cc1. The molecule has 22 heavy (non-hydrogen) atoms. The fraction of sp³-hybridized carbons (Fsp3) is 0.450. The second-order valence-electron chi connectivity index (χ2n) is 7.28. The summed E-state index contributed by atoms with van der Waals surface area (Å²) in [6, 6.07) is 8.92. The highest BCUT2D eigenvalue weighted by Gasteiger charge is 2.25. The summed E-state index contributed by atoms with van der Waals surface area (Å²) in [7, 11) is -1.65. The van der Waals surface area contributed by atoms with Crippen molar-refractivity contribution in [2.75, 3.05) is 0 Å². The number of pyridine rings is 1. The molecule has 1 nitrogen and oxygen atoms in total. The largest absolute Gasteiger partial charge is 0.256 e. The molecule has 0 amide bonds. The first kappa shape index (κ1) is 12.1. The Bertz CT molecular complexity index is 772. The molecule has 0 aliphatic carbocycles. The van der Waals surface area contributed by atoms with E-state index < -0.39 is 20.8 Å². The maximum Gasteiger partial charge on any atom is 0.0799 e. The Hall–Kier alpha value is -1.41. The van der Waals surface area contributed by atoms with Gasteiger partial charge in [0.05, 0.1) is 13.8 Å². The quantitative estimate of drug-likeness (QED) is 0.692. The number of aromatic nitrogens is 1. The lowest BCUT2D eigenvalue weighted by Crippen LogP contribution is -2.41. The van der Waals surface area contributed by atoms with Crippen LogP contribution in [-0.2, 0) is 0 Å². The Morgan fingerprint density at radius 1 is 1.09 bits per heavy atom. The Labute approximate surface area is 142 Å². The molecule has 2 aromatic rings. The van der Waals surface area contributed by atoms with Gasteiger partial charge in [0.1, 0.15) is 0 Å². The third kappa shape index (κ3) is 3.67. The first-order valence-corrected chi connectivity index (χ1v) is 11.4. The Morgan fingerprint density at radius 2 is 1.73 bits per heavy atom. The molecule has 2 heteroatoms. The van der Waals surface area contributed by atoms with Gasteiger partial charge in [-0.2, -0.15) is 0 Å².